The fourth-order valence-electron chi connectivity index (χ4n) is 1.83. The molecule has 0 aliphatic rings. The highest BCUT2D eigenvalue weighted by atomic mass is 35.5. The molecular weight excluding hydrogens is 293 g/mol. The van der Waals surface area contributed by atoms with Gasteiger partial charge in [0.05, 0.1) is 16.7 Å². The third kappa shape index (κ3) is 3.52. The minimum absolute atomic E-state index is 0.0216. The summed E-state index contributed by atoms with van der Waals surface area (Å²) < 4.78 is 19.4. The molecule has 5 heteroatoms. The molecule has 0 aliphatic carbocycles. The van der Waals surface area contributed by atoms with Crippen molar-refractivity contribution >= 4 is 11.6 Å². The topological polar surface area (TPSA) is 53.2 Å². The van der Waals surface area contributed by atoms with Crippen molar-refractivity contribution in [3.05, 3.63) is 63.9 Å². The van der Waals surface area contributed by atoms with Gasteiger partial charge in [-0.25, -0.2) is 4.39 Å². The van der Waals surface area contributed by atoms with E-state index in [1.54, 1.807) is 43.3 Å². The zero-order valence-corrected chi connectivity index (χ0v) is 12.1. The predicted molar refractivity (Wildman–Crippen MR) is 77.5 cm³/mol. The SMILES string of the molecule is C[C@@H](O)c1ccc(OCc2cccc(C#N)c2F)c(Cl)c1. The van der Waals surface area contributed by atoms with E-state index in [2.05, 4.69) is 0 Å². The zero-order chi connectivity index (χ0) is 15.4. The van der Waals surface area contributed by atoms with Crippen LogP contribution in [-0.2, 0) is 6.61 Å². The maximum Gasteiger partial charge on any atom is 0.147 e. The van der Waals surface area contributed by atoms with Gasteiger partial charge in [-0.1, -0.05) is 29.8 Å². The Hall–Kier alpha value is -2.09. The summed E-state index contributed by atoms with van der Waals surface area (Å²) >= 11 is 6.06. The number of halogens is 2. The highest BCUT2D eigenvalue weighted by Crippen LogP contribution is 2.28. The zero-order valence-electron chi connectivity index (χ0n) is 11.3. The average Bonchev–Trinajstić information content (AvgIpc) is 2.47. The Labute approximate surface area is 127 Å². The number of nitrogens with zero attached hydrogens (tertiary/aromatic N) is 1. The smallest absolute Gasteiger partial charge is 0.147 e. The Kier molecular flexibility index (Phi) is 4.79. The number of benzene rings is 2. The van der Waals surface area contributed by atoms with E-state index in [-0.39, 0.29) is 17.7 Å². The molecule has 0 fully saturated rings. The van der Waals surface area contributed by atoms with E-state index in [0.717, 1.165) is 0 Å². The van der Waals surface area contributed by atoms with Gasteiger partial charge in [0.25, 0.3) is 0 Å². The summed E-state index contributed by atoms with van der Waals surface area (Å²) in [6.07, 6.45) is -0.624. The first-order chi connectivity index (χ1) is 10.0. The monoisotopic (exact) mass is 305 g/mol. The molecule has 1 N–H and O–H groups in total. The second kappa shape index (κ2) is 6.57. The molecule has 108 valence electrons. The first-order valence-electron chi connectivity index (χ1n) is 6.30. The van der Waals surface area contributed by atoms with E-state index in [4.69, 9.17) is 21.6 Å². The third-order valence-electron chi connectivity index (χ3n) is 3.02. The van der Waals surface area contributed by atoms with Crippen LogP contribution in [0.3, 0.4) is 0 Å². The standard InChI is InChI=1S/C16H13ClFNO2/c1-10(20)11-5-6-15(14(17)7-11)21-9-13-4-2-3-12(8-19)16(13)18/h2-7,10,20H,9H2,1H3/t10-/m1/s1. The molecule has 0 aliphatic heterocycles. The van der Waals surface area contributed by atoms with Crippen LogP contribution in [0.25, 0.3) is 0 Å². The number of aliphatic hydroxyl groups is 1. The van der Waals surface area contributed by atoms with Crippen LogP contribution >= 0.6 is 11.6 Å². The number of rotatable bonds is 4. The molecule has 2 rings (SSSR count). The van der Waals surface area contributed by atoms with Crippen LogP contribution in [-0.4, -0.2) is 5.11 Å². The van der Waals surface area contributed by atoms with Gasteiger partial charge in [0, 0.05) is 5.56 Å². The summed E-state index contributed by atoms with van der Waals surface area (Å²) in [6.45, 7) is 1.60. The van der Waals surface area contributed by atoms with Crippen molar-refractivity contribution in [3.63, 3.8) is 0 Å². The second-order valence-electron chi connectivity index (χ2n) is 4.54. The number of ether oxygens (including phenoxy) is 1. The Morgan fingerprint density at radius 2 is 2.14 bits per heavy atom. The minimum atomic E-state index is -0.624. The van der Waals surface area contributed by atoms with Crippen molar-refractivity contribution in [3.8, 4) is 11.8 Å². The lowest BCUT2D eigenvalue weighted by Gasteiger charge is -2.11. The molecule has 3 nitrogen and oxygen atoms in total. The Balaban J connectivity index is 2.16. The van der Waals surface area contributed by atoms with Gasteiger partial charge in [-0.3, -0.25) is 0 Å². The van der Waals surface area contributed by atoms with E-state index < -0.39 is 11.9 Å². The molecular formula is C16H13ClFNO2. The summed E-state index contributed by atoms with van der Waals surface area (Å²) in [5, 5.41) is 18.6. The van der Waals surface area contributed by atoms with Gasteiger partial charge in [-0.05, 0) is 30.7 Å². The molecule has 2 aromatic carbocycles. The molecule has 0 amide bonds. The van der Waals surface area contributed by atoms with Gasteiger partial charge in [-0.15, -0.1) is 0 Å². The molecule has 0 aromatic heterocycles. The van der Waals surface area contributed by atoms with Gasteiger partial charge in [0.1, 0.15) is 24.2 Å². The lowest BCUT2D eigenvalue weighted by molar-refractivity contribution is 0.199. The van der Waals surface area contributed by atoms with E-state index in [0.29, 0.717) is 16.3 Å². The van der Waals surface area contributed by atoms with Crippen molar-refractivity contribution in [1.29, 1.82) is 5.26 Å². The first kappa shape index (κ1) is 15.3. The van der Waals surface area contributed by atoms with Crippen molar-refractivity contribution in [1.82, 2.24) is 0 Å². The van der Waals surface area contributed by atoms with Gasteiger partial charge in [0.15, 0.2) is 0 Å². The quantitative estimate of drug-likeness (QED) is 0.929. The van der Waals surface area contributed by atoms with Crippen molar-refractivity contribution in [2.24, 2.45) is 0 Å². The van der Waals surface area contributed by atoms with E-state index >= 15 is 0 Å². The lowest BCUT2D eigenvalue weighted by atomic mass is 10.1. The number of nitriles is 1. The van der Waals surface area contributed by atoms with Crippen molar-refractivity contribution in [2.45, 2.75) is 19.6 Å². The normalized spacial score (nSPS) is 11.8. The fourth-order valence-corrected chi connectivity index (χ4v) is 2.07. The number of hydrogen-bond donors (Lipinski definition) is 1. The molecule has 0 saturated carbocycles. The molecule has 0 radical (unpaired) electrons. The summed E-state index contributed by atoms with van der Waals surface area (Å²) in [5.41, 5.74) is 0.932. The highest BCUT2D eigenvalue weighted by Gasteiger charge is 2.10. The molecule has 0 spiro atoms. The average molecular weight is 306 g/mol. The lowest BCUT2D eigenvalue weighted by Crippen LogP contribution is -2.01. The maximum absolute atomic E-state index is 13.9. The van der Waals surface area contributed by atoms with Crippen LogP contribution < -0.4 is 4.74 Å². The molecule has 1 atom stereocenters. The van der Waals surface area contributed by atoms with Gasteiger partial charge in [-0.2, -0.15) is 5.26 Å². The maximum atomic E-state index is 13.9. The molecule has 2 aromatic rings. The summed E-state index contributed by atoms with van der Waals surface area (Å²) in [6, 6.07) is 11.2. The Morgan fingerprint density at radius 3 is 2.76 bits per heavy atom. The van der Waals surface area contributed by atoms with Gasteiger partial charge >= 0.3 is 0 Å². The predicted octanol–water partition coefficient (Wildman–Crippen LogP) is 3.98. The Morgan fingerprint density at radius 1 is 1.38 bits per heavy atom. The van der Waals surface area contributed by atoms with Crippen molar-refractivity contribution < 1.29 is 14.2 Å². The molecule has 0 heterocycles. The largest absolute Gasteiger partial charge is 0.487 e. The summed E-state index contributed by atoms with van der Waals surface area (Å²) in [5.74, 6) is -0.195. The van der Waals surface area contributed by atoms with Crippen LogP contribution in [0.1, 0.15) is 29.7 Å². The molecule has 21 heavy (non-hydrogen) atoms. The van der Waals surface area contributed by atoms with E-state index in [1.807, 2.05) is 0 Å². The van der Waals surface area contributed by atoms with Crippen molar-refractivity contribution in [2.75, 3.05) is 0 Å². The van der Waals surface area contributed by atoms with E-state index in [1.165, 1.54) is 6.07 Å². The Bertz CT molecular complexity index is 695. The molecule has 0 bridgehead atoms. The summed E-state index contributed by atoms with van der Waals surface area (Å²) in [4.78, 5) is 0. The van der Waals surface area contributed by atoms with Gasteiger partial charge in [0.2, 0.25) is 0 Å². The minimum Gasteiger partial charge on any atom is -0.487 e. The van der Waals surface area contributed by atoms with Crippen LogP contribution in [0.5, 0.6) is 5.75 Å². The molecule has 0 saturated heterocycles. The third-order valence-corrected chi connectivity index (χ3v) is 3.32. The highest BCUT2D eigenvalue weighted by molar-refractivity contribution is 6.32. The fraction of sp³-hybridized carbons (Fsp3) is 0.188. The number of hydrogen-bond acceptors (Lipinski definition) is 3. The summed E-state index contributed by atoms with van der Waals surface area (Å²) in [7, 11) is 0. The van der Waals surface area contributed by atoms with Gasteiger partial charge < -0.3 is 9.84 Å². The van der Waals surface area contributed by atoms with Crippen LogP contribution in [0, 0.1) is 17.1 Å². The van der Waals surface area contributed by atoms with Crippen LogP contribution in [0.2, 0.25) is 5.02 Å². The first-order valence-corrected chi connectivity index (χ1v) is 6.68. The van der Waals surface area contributed by atoms with Crippen LogP contribution in [0.15, 0.2) is 36.4 Å². The van der Waals surface area contributed by atoms with E-state index in [9.17, 15) is 9.50 Å². The second-order valence-corrected chi connectivity index (χ2v) is 4.95. The molecule has 0 unspecified atom stereocenters. The van der Waals surface area contributed by atoms with Crippen LogP contribution in [0.4, 0.5) is 4.39 Å². The number of aliphatic hydroxyl groups excluding tert-OH is 1.